The van der Waals surface area contributed by atoms with Crippen LogP contribution in [-0.4, -0.2) is 13.0 Å². The first kappa shape index (κ1) is 16.7. The minimum atomic E-state index is -3.38. The Balaban J connectivity index is 1.80. The Hall–Kier alpha value is -2.11. The van der Waals surface area contributed by atoms with Crippen molar-refractivity contribution in [3.05, 3.63) is 70.9 Å². The van der Waals surface area contributed by atoms with E-state index in [9.17, 15) is 8.42 Å². The van der Waals surface area contributed by atoms with Crippen LogP contribution < -0.4 is 4.72 Å². The number of hydrogen-bond donors (Lipinski definition) is 1. The second-order valence-electron chi connectivity index (χ2n) is 6.21. The van der Waals surface area contributed by atoms with Crippen LogP contribution in [0, 0.1) is 13.8 Å². The molecule has 3 aromatic rings. The van der Waals surface area contributed by atoms with E-state index in [1.165, 1.54) is 0 Å². The molecular formula is C19H22N2O2S. The number of fused-ring (bicyclic) bond motifs is 1. The number of nitrogens with zero attached hydrogens (tertiary/aromatic N) is 1. The van der Waals surface area contributed by atoms with Gasteiger partial charge in [-0.1, -0.05) is 48.0 Å². The van der Waals surface area contributed by atoms with E-state index >= 15 is 0 Å². The second-order valence-corrected chi connectivity index (χ2v) is 8.01. The van der Waals surface area contributed by atoms with Gasteiger partial charge in [-0.25, -0.2) is 13.1 Å². The fraction of sp³-hybridized carbons (Fsp3) is 0.263. The average Bonchev–Trinajstić information content (AvgIpc) is 2.79. The number of benzene rings is 2. The van der Waals surface area contributed by atoms with Crippen molar-refractivity contribution in [2.24, 2.45) is 7.05 Å². The van der Waals surface area contributed by atoms with Gasteiger partial charge in [0.2, 0.25) is 10.0 Å². The summed E-state index contributed by atoms with van der Waals surface area (Å²) < 4.78 is 29.6. The molecule has 0 aliphatic heterocycles. The Morgan fingerprint density at radius 3 is 2.38 bits per heavy atom. The van der Waals surface area contributed by atoms with Gasteiger partial charge in [-0.3, -0.25) is 0 Å². The lowest BCUT2D eigenvalue weighted by Gasteiger charge is -2.08. The molecule has 126 valence electrons. The van der Waals surface area contributed by atoms with E-state index < -0.39 is 10.0 Å². The first-order valence-electron chi connectivity index (χ1n) is 7.93. The third-order valence-corrected chi connectivity index (χ3v) is 5.77. The summed E-state index contributed by atoms with van der Waals surface area (Å²) >= 11 is 0. The molecule has 4 nitrogen and oxygen atoms in total. The third kappa shape index (κ3) is 3.37. The predicted octanol–water partition coefficient (Wildman–Crippen LogP) is 3.41. The smallest absolute Gasteiger partial charge is 0.216 e. The molecule has 1 aromatic heterocycles. The molecule has 0 unspecified atom stereocenters. The molecule has 0 fully saturated rings. The number of hydrogen-bond acceptors (Lipinski definition) is 2. The predicted molar refractivity (Wildman–Crippen MR) is 98.3 cm³/mol. The quantitative estimate of drug-likeness (QED) is 0.772. The number of para-hydroxylation sites is 1. The van der Waals surface area contributed by atoms with Crippen LogP contribution in [0.1, 0.15) is 22.4 Å². The van der Waals surface area contributed by atoms with Crippen LogP contribution in [0.2, 0.25) is 0 Å². The molecule has 2 aromatic carbocycles. The van der Waals surface area contributed by atoms with Crippen molar-refractivity contribution in [2.75, 3.05) is 0 Å². The van der Waals surface area contributed by atoms with E-state index in [1.807, 2.05) is 69.4 Å². The second kappa shape index (κ2) is 6.42. The first-order valence-corrected chi connectivity index (χ1v) is 9.58. The fourth-order valence-electron chi connectivity index (χ4n) is 2.96. The summed E-state index contributed by atoms with van der Waals surface area (Å²) in [5, 5.41) is 1.09. The summed E-state index contributed by atoms with van der Waals surface area (Å²) in [5.41, 5.74) is 5.13. The van der Waals surface area contributed by atoms with Gasteiger partial charge in [0.25, 0.3) is 0 Å². The summed E-state index contributed by atoms with van der Waals surface area (Å²) in [6.45, 7) is 4.31. The van der Waals surface area contributed by atoms with Gasteiger partial charge in [0.1, 0.15) is 0 Å². The van der Waals surface area contributed by atoms with Crippen molar-refractivity contribution in [1.82, 2.24) is 9.29 Å². The van der Waals surface area contributed by atoms with Gasteiger partial charge >= 0.3 is 0 Å². The van der Waals surface area contributed by atoms with Crippen molar-refractivity contribution < 1.29 is 8.42 Å². The molecule has 0 aliphatic rings. The van der Waals surface area contributed by atoms with Gasteiger partial charge in [-0.2, -0.15) is 0 Å². The van der Waals surface area contributed by atoms with Gasteiger partial charge < -0.3 is 4.57 Å². The Morgan fingerprint density at radius 1 is 1.00 bits per heavy atom. The van der Waals surface area contributed by atoms with Crippen LogP contribution in [0.4, 0.5) is 0 Å². The topological polar surface area (TPSA) is 51.1 Å². The van der Waals surface area contributed by atoms with Gasteiger partial charge in [-0.05, 0) is 31.0 Å². The fourth-order valence-corrected chi connectivity index (χ4v) is 4.06. The lowest BCUT2D eigenvalue weighted by atomic mass is 10.1. The highest BCUT2D eigenvalue weighted by Crippen LogP contribution is 2.24. The lowest BCUT2D eigenvalue weighted by Crippen LogP contribution is -2.25. The molecule has 0 radical (unpaired) electrons. The zero-order valence-corrected chi connectivity index (χ0v) is 15.0. The SMILES string of the molecule is Cc1ccc(CS(=O)(=O)NCc2c(C)n(C)c3ccccc23)cc1. The Bertz CT molecular complexity index is 971. The maximum atomic E-state index is 12.4. The molecular weight excluding hydrogens is 320 g/mol. The molecule has 0 amide bonds. The molecule has 0 aliphatic carbocycles. The number of sulfonamides is 1. The minimum absolute atomic E-state index is 0.00288. The molecule has 0 spiro atoms. The third-order valence-electron chi connectivity index (χ3n) is 4.48. The number of aryl methyl sites for hydroxylation is 2. The summed E-state index contributed by atoms with van der Waals surface area (Å²) in [4.78, 5) is 0. The van der Waals surface area contributed by atoms with Crippen LogP contribution in [0.25, 0.3) is 10.9 Å². The van der Waals surface area contributed by atoms with Crippen molar-refractivity contribution in [2.45, 2.75) is 26.1 Å². The lowest BCUT2D eigenvalue weighted by molar-refractivity contribution is 0.580. The standard InChI is InChI=1S/C19H22N2O2S/c1-14-8-10-16(11-9-14)13-24(22,23)20-12-18-15(2)21(3)19-7-5-4-6-17(18)19/h4-11,20H,12-13H2,1-3H3. The maximum absolute atomic E-state index is 12.4. The van der Waals surface area contributed by atoms with E-state index in [0.29, 0.717) is 6.54 Å². The maximum Gasteiger partial charge on any atom is 0.216 e. The van der Waals surface area contributed by atoms with Crippen molar-refractivity contribution in [3.8, 4) is 0 Å². The Labute approximate surface area is 143 Å². The highest BCUT2D eigenvalue weighted by Gasteiger charge is 2.16. The Morgan fingerprint density at radius 2 is 1.67 bits per heavy atom. The molecule has 1 heterocycles. The molecule has 0 atom stereocenters. The zero-order valence-electron chi connectivity index (χ0n) is 14.2. The van der Waals surface area contributed by atoms with Crippen LogP contribution in [0.15, 0.2) is 48.5 Å². The average molecular weight is 342 g/mol. The van der Waals surface area contributed by atoms with Crippen molar-refractivity contribution >= 4 is 20.9 Å². The molecule has 0 saturated heterocycles. The summed E-state index contributed by atoms with van der Waals surface area (Å²) in [5.74, 6) is -0.00288. The number of rotatable bonds is 5. The Kier molecular flexibility index (Phi) is 4.47. The van der Waals surface area contributed by atoms with Crippen molar-refractivity contribution in [1.29, 1.82) is 0 Å². The highest BCUT2D eigenvalue weighted by molar-refractivity contribution is 7.88. The van der Waals surface area contributed by atoms with Gasteiger partial charge in [0.15, 0.2) is 0 Å². The van der Waals surface area contributed by atoms with Crippen LogP contribution in [0.3, 0.4) is 0 Å². The normalized spacial score (nSPS) is 12.0. The summed E-state index contributed by atoms with van der Waals surface area (Å²) in [6.07, 6.45) is 0. The molecule has 0 bridgehead atoms. The molecule has 0 saturated carbocycles. The van der Waals surface area contributed by atoms with Crippen LogP contribution >= 0.6 is 0 Å². The van der Waals surface area contributed by atoms with Crippen LogP contribution in [-0.2, 0) is 29.4 Å². The monoisotopic (exact) mass is 342 g/mol. The highest BCUT2D eigenvalue weighted by atomic mass is 32.2. The largest absolute Gasteiger partial charge is 0.348 e. The van der Waals surface area contributed by atoms with Crippen LogP contribution in [0.5, 0.6) is 0 Å². The zero-order chi connectivity index (χ0) is 17.3. The molecule has 24 heavy (non-hydrogen) atoms. The molecule has 5 heteroatoms. The number of nitrogens with one attached hydrogen (secondary N) is 1. The van der Waals surface area contributed by atoms with Gasteiger partial charge in [0.05, 0.1) is 5.75 Å². The minimum Gasteiger partial charge on any atom is -0.348 e. The first-order chi connectivity index (χ1) is 11.4. The summed E-state index contributed by atoms with van der Waals surface area (Å²) in [6, 6.07) is 15.6. The van der Waals surface area contributed by atoms with E-state index in [1.54, 1.807) is 0 Å². The van der Waals surface area contributed by atoms with Crippen molar-refractivity contribution in [3.63, 3.8) is 0 Å². The van der Waals surface area contributed by atoms with E-state index in [4.69, 9.17) is 0 Å². The molecule has 1 N–H and O–H groups in total. The van der Waals surface area contributed by atoms with E-state index in [2.05, 4.69) is 9.29 Å². The van der Waals surface area contributed by atoms with Gasteiger partial charge in [0, 0.05) is 30.2 Å². The van der Waals surface area contributed by atoms with Gasteiger partial charge in [-0.15, -0.1) is 0 Å². The van der Waals surface area contributed by atoms with E-state index in [-0.39, 0.29) is 5.75 Å². The van der Waals surface area contributed by atoms with E-state index in [0.717, 1.165) is 33.3 Å². The summed E-state index contributed by atoms with van der Waals surface area (Å²) in [7, 11) is -1.38. The molecule has 3 rings (SSSR count). The number of aromatic nitrogens is 1.